The minimum absolute atomic E-state index is 0.128. The average Bonchev–Trinajstić information content (AvgIpc) is 2.36. The molecule has 0 aliphatic rings. The van der Waals surface area contributed by atoms with E-state index in [2.05, 4.69) is 5.32 Å². The summed E-state index contributed by atoms with van der Waals surface area (Å²) in [7, 11) is 0. The van der Waals surface area contributed by atoms with Gasteiger partial charge in [-0.25, -0.2) is 0 Å². The van der Waals surface area contributed by atoms with Gasteiger partial charge in [-0.2, -0.15) is 0 Å². The van der Waals surface area contributed by atoms with Gasteiger partial charge in [0.25, 0.3) is 5.69 Å². The number of hydrogen-bond acceptors (Lipinski definition) is 5. The van der Waals surface area contributed by atoms with Crippen molar-refractivity contribution in [2.75, 3.05) is 13.2 Å². The summed E-state index contributed by atoms with van der Waals surface area (Å²) >= 11 is 0. The van der Waals surface area contributed by atoms with Crippen LogP contribution in [0.1, 0.15) is 5.56 Å². The van der Waals surface area contributed by atoms with E-state index in [1.807, 2.05) is 0 Å². The Morgan fingerprint density at radius 2 is 1.94 bits per heavy atom. The molecule has 1 amide bonds. The first-order chi connectivity index (χ1) is 8.58. The monoisotopic (exact) mass is 254 g/mol. The number of aliphatic hydroxyl groups excluding tert-OH is 2. The lowest BCUT2D eigenvalue weighted by molar-refractivity contribution is -0.385. The molecule has 0 aromatic heterocycles. The largest absolute Gasteiger partial charge is 0.394 e. The van der Waals surface area contributed by atoms with Crippen LogP contribution >= 0.6 is 0 Å². The molecule has 0 heterocycles. The van der Waals surface area contributed by atoms with Crippen molar-refractivity contribution in [1.29, 1.82) is 0 Å². The molecule has 0 aliphatic heterocycles. The SMILES string of the molecule is O=C(Cc1ccccc1[N+](=O)[O-])NC(CO)CO. The Balaban J connectivity index is 2.73. The molecule has 0 saturated heterocycles. The molecule has 7 nitrogen and oxygen atoms in total. The first kappa shape index (κ1) is 14.1. The van der Waals surface area contributed by atoms with E-state index < -0.39 is 16.9 Å². The molecule has 0 unspecified atom stereocenters. The van der Waals surface area contributed by atoms with Crippen LogP contribution in [0.3, 0.4) is 0 Å². The third-order valence-electron chi connectivity index (χ3n) is 2.35. The second-order valence-corrected chi connectivity index (χ2v) is 3.69. The zero-order chi connectivity index (χ0) is 13.5. The summed E-state index contributed by atoms with van der Waals surface area (Å²) < 4.78 is 0. The fourth-order valence-corrected chi connectivity index (χ4v) is 1.44. The molecule has 0 aliphatic carbocycles. The molecular weight excluding hydrogens is 240 g/mol. The fourth-order valence-electron chi connectivity index (χ4n) is 1.44. The number of amides is 1. The second kappa shape index (κ2) is 6.67. The number of nitrogens with one attached hydrogen (secondary N) is 1. The zero-order valence-electron chi connectivity index (χ0n) is 9.57. The van der Waals surface area contributed by atoms with Crippen LogP contribution in [-0.2, 0) is 11.2 Å². The van der Waals surface area contributed by atoms with Gasteiger partial charge in [-0.05, 0) is 0 Å². The smallest absolute Gasteiger partial charge is 0.273 e. The Labute approximate surface area is 103 Å². The summed E-state index contributed by atoms with van der Waals surface area (Å²) in [4.78, 5) is 21.7. The Morgan fingerprint density at radius 1 is 1.33 bits per heavy atom. The minimum Gasteiger partial charge on any atom is -0.394 e. The van der Waals surface area contributed by atoms with E-state index in [1.54, 1.807) is 6.07 Å². The van der Waals surface area contributed by atoms with Gasteiger partial charge in [-0.1, -0.05) is 18.2 Å². The summed E-state index contributed by atoms with van der Waals surface area (Å²) in [6.07, 6.45) is -0.173. The summed E-state index contributed by atoms with van der Waals surface area (Å²) in [6, 6.07) is 5.18. The van der Waals surface area contributed by atoms with Crippen molar-refractivity contribution in [3.63, 3.8) is 0 Å². The molecule has 0 bridgehead atoms. The molecule has 7 heteroatoms. The number of benzene rings is 1. The van der Waals surface area contributed by atoms with Gasteiger partial charge in [0.05, 0.1) is 30.6 Å². The van der Waals surface area contributed by atoms with Crippen LogP contribution in [0, 0.1) is 10.1 Å². The van der Waals surface area contributed by atoms with Crippen molar-refractivity contribution in [1.82, 2.24) is 5.32 Å². The number of nitro groups is 1. The standard InChI is InChI=1S/C11H14N2O5/c14-6-9(7-15)12-11(16)5-8-3-1-2-4-10(8)13(17)18/h1-4,9,14-15H,5-7H2,(H,12,16). The van der Waals surface area contributed by atoms with Crippen LogP contribution < -0.4 is 5.32 Å². The minimum atomic E-state index is -0.750. The van der Waals surface area contributed by atoms with Crippen LogP contribution in [0.15, 0.2) is 24.3 Å². The Hall–Kier alpha value is -1.99. The number of nitro benzene ring substituents is 1. The predicted molar refractivity (Wildman–Crippen MR) is 62.9 cm³/mol. The van der Waals surface area contributed by atoms with E-state index in [0.717, 1.165) is 0 Å². The van der Waals surface area contributed by atoms with E-state index in [4.69, 9.17) is 10.2 Å². The van der Waals surface area contributed by atoms with Gasteiger partial charge in [0, 0.05) is 11.6 Å². The van der Waals surface area contributed by atoms with Crippen LogP contribution in [0.25, 0.3) is 0 Å². The van der Waals surface area contributed by atoms with Gasteiger partial charge < -0.3 is 15.5 Å². The molecule has 98 valence electrons. The van der Waals surface area contributed by atoms with Crippen LogP contribution in [0.2, 0.25) is 0 Å². The maximum Gasteiger partial charge on any atom is 0.273 e. The highest BCUT2D eigenvalue weighted by Crippen LogP contribution is 2.17. The van der Waals surface area contributed by atoms with Crippen molar-refractivity contribution in [3.8, 4) is 0 Å². The second-order valence-electron chi connectivity index (χ2n) is 3.69. The maximum absolute atomic E-state index is 11.6. The topological polar surface area (TPSA) is 113 Å². The summed E-state index contributed by atoms with van der Waals surface area (Å²) in [5.74, 6) is -0.489. The highest BCUT2D eigenvalue weighted by Gasteiger charge is 2.17. The Kier molecular flexibility index (Phi) is 5.22. The van der Waals surface area contributed by atoms with E-state index >= 15 is 0 Å². The van der Waals surface area contributed by atoms with Gasteiger partial charge >= 0.3 is 0 Å². The number of carbonyl (C=O) groups is 1. The lowest BCUT2D eigenvalue weighted by Crippen LogP contribution is -2.40. The van der Waals surface area contributed by atoms with Crippen molar-refractivity contribution in [3.05, 3.63) is 39.9 Å². The summed E-state index contributed by atoms with van der Waals surface area (Å²) in [6.45, 7) is -0.780. The molecular formula is C11H14N2O5. The van der Waals surface area contributed by atoms with Gasteiger partial charge in [-0.15, -0.1) is 0 Å². The van der Waals surface area contributed by atoms with Crippen LogP contribution in [0.5, 0.6) is 0 Å². The molecule has 0 saturated carbocycles. The predicted octanol–water partition coefficient (Wildman–Crippen LogP) is -0.393. The van der Waals surface area contributed by atoms with Crippen LogP contribution in [-0.4, -0.2) is 40.3 Å². The van der Waals surface area contributed by atoms with Crippen molar-refractivity contribution in [2.24, 2.45) is 0 Å². The number of hydrogen-bond donors (Lipinski definition) is 3. The number of aliphatic hydroxyl groups is 2. The van der Waals surface area contributed by atoms with E-state index in [9.17, 15) is 14.9 Å². The maximum atomic E-state index is 11.6. The van der Waals surface area contributed by atoms with Crippen molar-refractivity contribution < 1.29 is 19.9 Å². The van der Waals surface area contributed by atoms with Gasteiger partial charge in [-0.3, -0.25) is 14.9 Å². The zero-order valence-corrected chi connectivity index (χ0v) is 9.57. The van der Waals surface area contributed by atoms with E-state index in [0.29, 0.717) is 0 Å². The van der Waals surface area contributed by atoms with Crippen molar-refractivity contribution >= 4 is 11.6 Å². The highest BCUT2D eigenvalue weighted by molar-refractivity contribution is 5.80. The molecule has 0 spiro atoms. The first-order valence-corrected chi connectivity index (χ1v) is 5.31. The molecule has 3 N–H and O–H groups in total. The molecule has 1 aromatic carbocycles. The number of rotatable bonds is 6. The van der Waals surface area contributed by atoms with Gasteiger partial charge in [0.1, 0.15) is 0 Å². The molecule has 1 aromatic rings. The molecule has 18 heavy (non-hydrogen) atoms. The Morgan fingerprint density at radius 3 is 2.50 bits per heavy atom. The normalized spacial score (nSPS) is 10.4. The number of carbonyl (C=O) groups excluding carboxylic acids is 1. The molecule has 1 rings (SSSR count). The van der Waals surface area contributed by atoms with E-state index in [-0.39, 0.29) is 30.9 Å². The molecule has 0 atom stereocenters. The third kappa shape index (κ3) is 3.79. The lowest BCUT2D eigenvalue weighted by Gasteiger charge is -2.13. The Bertz CT molecular complexity index is 431. The van der Waals surface area contributed by atoms with Gasteiger partial charge in [0.15, 0.2) is 0 Å². The van der Waals surface area contributed by atoms with Crippen molar-refractivity contribution in [2.45, 2.75) is 12.5 Å². The third-order valence-corrected chi connectivity index (χ3v) is 2.35. The number of para-hydroxylation sites is 1. The quantitative estimate of drug-likeness (QED) is 0.472. The lowest BCUT2D eigenvalue weighted by atomic mass is 10.1. The highest BCUT2D eigenvalue weighted by atomic mass is 16.6. The first-order valence-electron chi connectivity index (χ1n) is 5.31. The summed E-state index contributed by atoms with van der Waals surface area (Å²) in [5, 5.41) is 30.7. The molecule has 0 fully saturated rings. The summed E-state index contributed by atoms with van der Waals surface area (Å²) in [5.41, 5.74) is 0.159. The average molecular weight is 254 g/mol. The number of nitrogens with zero attached hydrogens (tertiary/aromatic N) is 1. The fraction of sp³-hybridized carbons (Fsp3) is 0.364. The van der Waals surface area contributed by atoms with Gasteiger partial charge in [0.2, 0.25) is 5.91 Å². The van der Waals surface area contributed by atoms with E-state index in [1.165, 1.54) is 18.2 Å². The van der Waals surface area contributed by atoms with Crippen LogP contribution in [0.4, 0.5) is 5.69 Å². The molecule has 0 radical (unpaired) electrons.